The van der Waals surface area contributed by atoms with Gasteiger partial charge in [-0.1, -0.05) is 29.5 Å². The lowest BCUT2D eigenvalue weighted by atomic mass is 10.1. The van der Waals surface area contributed by atoms with Gasteiger partial charge in [-0.2, -0.15) is 0 Å². The fraction of sp³-hybridized carbons (Fsp3) is 0.412. The fourth-order valence-electron chi connectivity index (χ4n) is 2.86. The van der Waals surface area contributed by atoms with Crippen molar-refractivity contribution in [3.8, 4) is 0 Å². The van der Waals surface area contributed by atoms with E-state index in [1.807, 2.05) is 44.2 Å². The standard InChI is InChI=1S/C17H21N5O2S/c1-3-21(4-2)17(24)18-16-20-19-15(25-16)12-10-14(23)22(11-12)13-8-6-5-7-9-13/h5-9,12H,3-4,10-11H2,1-2H3,(H,18,20,24). The zero-order chi connectivity index (χ0) is 17.8. The van der Waals surface area contributed by atoms with Crippen LogP contribution in [0.1, 0.15) is 31.2 Å². The molecule has 8 heteroatoms. The van der Waals surface area contributed by atoms with Crippen LogP contribution in [-0.2, 0) is 4.79 Å². The number of carbonyl (C=O) groups is 2. The monoisotopic (exact) mass is 359 g/mol. The van der Waals surface area contributed by atoms with E-state index in [9.17, 15) is 9.59 Å². The molecule has 0 radical (unpaired) electrons. The second kappa shape index (κ2) is 7.60. The average Bonchev–Trinajstić information content (AvgIpc) is 3.23. The number of hydrogen-bond donors (Lipinski definition) is 1. The van der Waals surface area contributed by atoms with E-state index in [-0.39, 0.29) is 17.9 Å². The van der Waals surface area contributed by atoms with Crippen LogP contribution in [0.2, 0.25) is 0 Å². The van der Waals surface area contributed by atoms with Crippen molar-refractivity contribution in [1.82, 2.24) is 15.1 Å². The predicted molar refractivity (Wildman–Crippen MR) is 98.0 cm³/mol. The molecule has 25 heavy (non-hydrogen) atoms. The molecule has 1 aromatic heterocycles. The molecule has 0 aliphatic carbocycles. The highest BCUT2D eigenvalue weighted by Gasteiger charge is 2.33. The normalized spacial score (nSPS) is 17.0. The number of nitrogens with one attached hydrogen (secondary N) is 1. The van der Waals surface area contributed by atoms with Gasteiger partial charge in [0.15, 0.2) is 0 Å². The van der Waals surface area contributed by atoms with Gasteiger partial charge in [0.25, 0.3) is 0 Å². The molecule has 1 N–H and O–H groups in total. The lowest BCUT2D eigenvalue weighted by Crippen LogP contribution is -2.34. The molecule has 2 heterocycles. The minimum absolute atomic E-state index is 0.00399. The minimum Gasteiger partial charge on any atom is -0.325 e. The molecule has 1 saturated heterocycles. The maximum absolute atomic E-state index is 12.3. The van der Waals surface area contributed by atoms with Gasteiger partial charge in [0.1, 0.15) is 5.01 Å². The molecule has 1 fully saturated rings. The third-order valence-electron chi connectivity index (χ3n) is 4.25. The van der Waals surface area contributed by atoms with E-state index < -0.39 is 0 Å². The summed E-state index contributed by atoms with van der Waals surface area (Å²) in [5, 5.41) is 12.3. The Morgan fingerprint density at radius 3 is 2.68 bits per heavy atom. The number of para-hydroxylation sites is 1. The number of amides is 3. The van der Waals surface area contributed by atoms with Crippen LogP contribution in [0.5, 0.6) is 0 Å². The van der Waals surface area contributed by atoms with Crippen LogP contribution < -0.4 is 10.2 Å². The first-order chi connectivity index (χ1) is 12.1. The van der Waals surface area contributed by atoms with Crippen LogP contribution >= 0.6 is 11.3 Å². The molecule has 1 aliphatic rings. The molecular formula is C17H21N5O2S. The Kier molecular flexibility index (Phi) is 5.28. The first-order valence-corrected chi connectivity index (χ1v) is 9.18. The average molecular weight is 359 g/mol. The van der Waals surface area contributed by atoms with E-state index >= 15 is 0 Å². The molecule has 1 aliphatic heterocycles. The molecule has 0 spiro atoms. The fourth-order valence-corrected chi connectivity index (χ4v) is 3.69. The number of carbonyl (C=O) groups excluding carboxylic acids is 2. The van der Waals surface area contributed by atoms with Crippen molar-refractivity contribution >= 4 is 34.1 Å². The van der Waals surface area contributed by atoms with E-state index in [2.05, 4.69) is 15.5 Å². The van der Waals surface area contributed by atoms with Gasteiger partial charge in [-0.25, -0.2) is 4.79 Å². The van der Waals surface area contributed by atoms with Gasteiger partial charge in [-0.15, -0.1) is 10.2 Å². The summed E-state index contributed by atoms with van der Waals surface area (Å²) < 4.78 is 0. The molecule has 1 aromatic carbocycles. The molecule has 1 unspecified atom stereocenters. The highest BCUT2D eigenvalue weighted by atomic mass is 32.1. The predicted octanol–water partition coefficient (Wildman–Crippen LogP) is 2.93. The molecule has 3 amide bonds. The molecular weight excluding hydrogens is 338 g/mol. The van der Waals surface area contributed by atoms with Gasteiger partial charge in [-0.3, -0.25) is 10.1 Å². The topological polar surface area (TPSA) is 78.4 Å². The summed E-state index contributed by atoms with van der Waals surface area (Å²) in [6.07, 6.45) is 0.410. The number of benzene rings is 1. The molecule has 132 valence electrons. The molecule has 2 aromatic rings. The van der Waals surface area contributed by atoms with Gasteiger partial charge >= 0.3 is 6.03 Å². The first kappa shape index (κ1) is 17.3. The quantitative estimate of drug-likeness (QED) is 0.890. The zero-order valence-corrected chi connectivity index (χ0v) is 15.1. The Bertz CT molecular complexity index is 745. The summed E-state index contributed by atoms with van der Waals surface area (Å²) in [4.78, 5) is 27.9. The van der Waals surface area contributed by atoms with Crippen LogP contribution in [0.4, 0.5) is 15.6 Å². The molecule has 0 bridgehead atoms. The van der Waals surface area contributed by atoms with Crippen molar-refractivity contribution in [1.29, 1.82) is 0 Å². The number of aromatic nitrogens is 2. The van der Waals surface area contributed by atoms with Crippen molar-refractivity contribution in [3.05, 3.63) is 35.3 Å². The SMILES string of the molecule is CCN(CC)C(=O)Nc1nnc(C2CC(=O)N(c3ccccc3)C2)s1. The van der Waals surface area contributed by atoms with Crippen LogP contribution in [0.3, 0.4) is 0 Å². The molecule has 0 saturated carbocycles. The first-order valence-electron chi connectivity index (χ1n) is 8.37. The Hall–Kier alpha value is -2.48. The summed E-state index contributed by atoms with van der Waals surface area (Å²) in [7, 11) is 0. The van der Waals surface area contributed by atoms with E-state index in [1.54, 1.807) is 9.80 Å². The second-order valence-corrected chi connectivity index (χ2v) is 6.80. The van der Waals surface area contributed by atoms with Crippen molar-refractivity contribution in [3.63, 3.8) is 0 Å². The van der Waals surface area contributed by atoms with E-state index in [4.69, 9.17) is 0 Å². The zero-order valence-electron chi connectivity index (χ0n) is 14.3. The molecule has 1 atom stereocenters. The number of hydrogen-bond acceptors (Lipinski definition) is 5. The highest BCUT2D eigenvalue weighted by molar-refractivity contribution is 7.15. The van der Waals surface area contributed by atoms with Crippen molar-refractivity contribution in [2.45, 2.75) is 26.2 Å². The Labute approximate surface area is 150 Å². The number of nitrogens with zero attached hydrogens (tertiary/aromatic N) is 4. The summed E-state index contributed by atoms with van der Waals surface area (Å²) >= 11 is 1.34. The third kappa shape index (κ3) is 3.79. The second-order valence-electron chi connectivity index (χ2n) is 5.79. The maximum Gasteiger partial charge on any atom is 0.323 e. The summed E-state index contributed by atoms with van der Waals surface area (Å²) in [5.41, 5.74) is 0.898. The van der Waals surface area contributed by atoms with Crippen molar-refractivity contribution in [2.75, 3.05) is 29.9 Å². The number of rotatable bonds is 5. The Morgan fingerprint density at radius 2 is 2.00 bits per heavy atom. The van der Waals surface area contributed by atoms with Gasteiger partial charge in [-0.05, 0) is 26.0 Å². The summed E-state index contributed by atoms with van der Waals surface area (Å²) in [5.74, 6) is 0.0874. The van der Waals surface area contributed by atoms with E-state index in [1.165, 1.54) is 11.3 Å². The van der Waals surface area contributed by atoms with Crippen molar-refractivity contribution < 1.29 is 9.59 Å². The molecule has 7 nitrogen and oxygen atoms in total. The molecule has 3 rings (SSSR count). The highest BCUT2D eigenvalue weighted by Crippen LogP contribution is 2.34. The number of anilines is 2. The maximum atomic E-state index is 12.3. The Morgan fingerprint density at radius 1 is 1.28 bits per heavy atom. The largest absolute Gasteiger partial charge is 0.325 e. The van der Waals surface area contributed by atoms with Gasteiger partial charge in [0.05, 0.1) is 0 Å². The van der Waals surface area contributed by atoms with Gasteiger partial charge < -0.3 is 9.80 Å². The van der Waals surface area contributed by atoms with Gasteiger partial charge in [0, 0.05) is 37.7 Å². The van der Waals surface area contributed by atoms with Crippen molar-refractivity contribution in [2.24, 2.45) is 0 Å². The minimum atomic E-state index is -0.180. The smallest absolute Gasteiger partial charge is 0.323 e. The number of urea groups is 1. The van der Waals surface area contributed by atoms with E-state index in [0.717, 1.165) is 10.7 Å². The summed E-state index contributed by atoms with van der Waals surface area (Å²) in [6.45, 7) is 5.71. The lowest BCUT2D eigenvalue weighted by molar-refractivity contribution is -0.117. The lowest BCUT2D eigenvalue weighted by Gasteiger charge is -2.17. The van der Waals surface area contributed by atoms with E-state index in [0.29, 0.717) is 31.2 Å². The van der Waals surface area contributed by atoms with Crippen LogP contribution in [0.25, 0.3) is 0 Å². The third-order valence-corrected chi connectivity index (χ3v) is 5.25. The van der Waals surface area contributed by atoms with Crippen LogP contribution in [0.15, 0.2) is 30.3 Å². The Balaban J connectivity index is 1.67. The van der Waals surface area contributed by atoms with Crippen LogP contribution in [0, 0.1) is 0 Å². The van der Waals surface area contributed by atoms with Gasteiger partial charge in [0.2, 0.25) is 11.0 Å². The van der Waals surface area contributed by atoms with Crippen LogP contribution in [-0.4, -0.2) is 46.7 Å². The summed E-state index contributed by atoms with van der Waals surface area (Å²) in [6, 6.07) is 9.44.